The SMILES string of the molecule is Cc1ccc(C(=O)N2CCN(c3c(Cl)cccc3NC(=O)COc3ccc(C)c(C)c3)CC2)cc1. The van der Waals surface area contributed by atoms with E-state index in [1.54, 1.807) is 0 Å². The Labute approximate surface area is 211 Å². The Balaban J connectivity index is 1.39. The molecule has 4 rings (SSSR count). The first-order chi connectivity index (χ1) is 16.8. The van der Waals surface area contributed by atoms with Gasteiger partial charge in [-0.3, -0.25) is 9.59 Å². The molecule has 1 heterocycles. The molecule has 1 aliphatic rings. The van der Waals surface area contributed by atoms with Crippen molar-refractivity contribution in [2.75, 3.05) is 43.0 Å². The maximum Gasteiger partial charge on any atom is 0.262 e. The molecule has 3 aromatic rings. The number of halogens is 1. The van der Waals surface area contributed by atoms with Crippen LogP contribution in [-0.2, 0) is 4.79 Å². The van der Waals surface area contributed by atoms with Gasteiger partial charge in [0, 0.05) is 31.7 Å². The smallest absolute Gasteiger partial charge is 0.262 e. The number of nitrogens with zero attached hydrogens (tertiary/aromatic N) is 2. The first kappa shape index (κ1) is 24.6. The van der Waals surface area contributed by atoms with Gasteiger partial charge in [-0.2, -0.15) is 0 Å². The van der Waals surface area contributed by atoms with Gasteiger partial charge in [0.25, 0.3) is 11.8 Å². The van der Waals surface area contributed by atoms with Gasteiger partial charge in [0.1, 0.15) is 5.75 Å². The quantitative estimate of drug-likeness (QED) is 0.512. The number of hydrogen-bond donors (Lipinski definition) is 1. The maximum atomic E-state index is 12.9. The number of ether oxygens (including phenoxy) is 1. The summed E-state index contributed by atoms with van der Waals surface area (Å²) in [5.74, 6) is 0.421. The summed E-state index contributed by atoms with van der Waals surface area (Å²) in [4.78, 5) is 29.5. The van der Waals surface area contributed by atoms with Crippen LogP contribution in [0.25, 0.3) is 0 Å². The van der Waals surface area contributed by atoms with Crippen molar-refractivity contribution >= 4 is 34.8 Å². The van der Waals surface area contributed by atoms with Crippen molar-refractivity contribution in [2.24, 2.45) is 0 Å². The average molecular weight is 492 g/mol. The van der Waals surface area contributed by atoms with Crippen molar-refractivity contribution in [3.63, 3.8) is 0 Å². The molecule has 182 valence electrons. The number of piperazine rings is 1. The second-order valence-electron chi connectivity index (χ2n) is 8.86. The highest BCUT2D eigenvalue weighted by Gasteiger charge is 2.25. The van der Waals surface area contributed by atoms with Crippen LogP contribution in [0.2, 0.25) is 5.02 Å². The standard InChI is InChI=1S/C28H30ClN3O3/c1-19-7-10-22(11-8-19)28(34)32-15-13-31(14-16-32)27-24(29)5-4-6-25(27)30-26(33)18-35-23-12-9-20(2)21(3)17-23/h4-12,17H,13-16,18H2,1-3H3,(H,30,33). The summed E-state index contributed by atoms with van der Waals surface area (Å²) in [5.41, 5.74) is 5.49. The Kier molecular flexibility index (Phi) is 7.61. The summed E-state index contributed by atoms with van der Waals surface area (Å²) < 4.78 is 5.68. The van der Waals surface area contributed by atoms with Crippen molar-refractivity contribution < 1.29 is 14.3 Å². The summed E-state index contributed by atoms with van der Waals surface area (Å²) in [6.45, 7) is 8.31. The van der Waals surface area contributed by atoms with Crippen molar-refractivity contribution in [1.29, 1.82) is 0 Å². The van der Waals surface area contributed by atoms with Gasteiger partial charge >= 0.3 is 0 Å². The van der Waals surface area contributed by atoms with Crippen molar-refractivity contribution in [3.05, 3.63) is 87.9 Å². The monoisotopic (exact) mass is 491 g/mol. The lowest BCUT2D eigenvalue weighted by molar-refractivity contribution is -0.118. The van der Waals surface area contributed by atoms with Crippen LogP contribution < -0.4 is 15.0 Å². The number of nitrogens with one attached hydrogen (secondary N) is 1. The van der Waals surface area contributed by atoms with E-state index in [1.807, 2.05) is 86.3 Å². The van der Waals surface area contributed by atoms with Gasteiger partial charge in [0.05, 0.1) is 16.4 Å². The fourth-order valence-corrected chi connectivity index (χ4v) is 4.38. The molecule has 35 heavy (non-hydrogen) atoms. The van der Waals surface area contributed by atoms with Gasteiger partial charge in [0.2, 0.25) is 0 Å². The van der Waals surface area contributed by atoms with Crippen LogP contribution in [0.5, 0.6) is 5.75 Å². The van der Waals surface area contributed by atoms with E-state index in [0.29, 0.717) is 48.2 Å². The van der Waals surface area contributed by atoms with Gasteiger partial charge in [-0.15, -0.1) is 0 Å². The molecule has 1 aliphatic heterocycles. The first-order valence-corrected chi connectivity index (χ1v) is 12.1. The molecule has 0 bridgehead atoms. The van der Waals surface area contributed by atoms with E-state index in [0.717, 1.165) is 16.8 Å². The number of benzene rings is 3. The lowest BCUT2D eigenvalue weighted by atomic mass is 10.1. The van der Waals surface area contributed by atoms with Crippen LogP contribution in [0.1, 0.15) is 27.0 Å². The van der Waals surface area contributed by atoms with Crippen LogP contribution >= 0.6 is 11.6 Å². The minimum Gasteiger partial charge on any atom is -0.484 e. The number of hydrogen-bond acceptors (Lipinski definition) is 4. The van der Waals surface area contributed by atoms with Crippen molar-refractivity contribution in [1.82, 2.24) is 4.90 Å². The van der Waals surface area contributed by atoms with Crippen LogP contribution in [0, 0.1) is 20.8 Å². The molecule has 0 aromatic heterocycles. The summed E-state index contributed by atoms with van der Waals surface area (Å²) >= 11 is 6.56. The molecule has 0 atom stereocenters. The van der Waals surface area contributed by atoms with Crippen LogP contribution in [0.3, 0.4) is 0 Å². The van der Waals surface area contributed by atoms with Gasteiger partial charge in [-0.05, 0) is 68.3 Å². The highest BCUT2D eigenvalue weighted by atomic mass is 35.5. The number of para-hydroxylation sites is 1. The third kappa shape index (κ3) is 5.95. The summed E-state index contributed by atoms with van der Waals surface area (Å²) in [6, 6.07) is 18.8. The molecule has 0 radical (unpaired) electrons. The van der Waals surface area contributed by atoms with Gasteiger partial charge in [-0.1, -0.05) is 41.4 Å². The largest absolute Gasteiger partial charge is 0.484 e. The van der Waals surface area contributed by atoms with E-state index < -0.39 is 0 Å². The van der Waals surface area contributed by atoms with Gasteiger partial charge < -0.3 is 19.9 Å². The number of anilines is 2. The third-order valence-corrected chi connectivity index (χ3v) is 6.60. The molecular weight excluding hydrogens is 462 g/mol. The molecule has 1 N–H and O–H groups in total. The van der Waals surface area contributed by atoms with Crippen molar-refractivity contribution in [2.45, 2.75) is 20.8 Å². The molecule has 0 saturated carbocycles. The van der Waals surface area contributed by atoms with Crippen molar-refractivity contribution in [3.8, 4) is 5.75 Å². The fraction of sp³-hybridized carbons (Fsp3) is 0.286. The molecule has 1 saturated heterocycles. The van der Waals surface area contributed by atoms with E-state index in [4.69, 9.17) is 16.3 Å². The topological polar surface area (TPSA) is 61.9 Å². The number of carbonyl (C=O) groups excluding carboxylic acids is 2. The van der Waals surface area contributed by atoms with Crippen LogP contribution in [0.15, 0.2) is 60.7 Å². The normalized spacial score (nSPS) is 13.5. The van der Waals surface area contributed by atoms with E-state index >= 15 is 0 Å². The predicted octanol–water partition coefficient (Wildman–Crippen LogP) is 5.25. The minimum atomic E-state index is -0.264. The third-order valence-electron chi connectivity index (χ3n) is 6.29. The predicted molar refractivity (Wildman–Crippen MR) is 141 cm³/mol. The summed E-state index contributed by atoms with van der Waals surface area (Å²) in [6.07, 6.45) is 0. The molecule has 1 fully saturated rings. The van der Waals surface area contributed by atoms with E-state index in [1.165, 1.54) is 5.56 Å². The molecule has 0 spiro atoms. The molecular formula is C28H30ClN3O3. The zero-order chi connectivity index (χ0) is 24.9. The Morgan fingerprint density at radius 1 is 0.914 bits per heavy atom. The molecule has 2 amide bonds. The zero-order valence-corrected chi connectivity index (χ0v) is 21.1. The number of rotatable bonds is 6. The Hall–Kier alpha value is -3.51. The number of aryl methyl sites for hydroxylation is 3. The summed E-state index contributed by atoms with van der Waals surface area (Å²) in [7, 11) is 0. The van der Waals surface area contributed by atoms with Crippen LogP contribution in [-0.4, -0.2) is 49.5 Å². The number of carbonyl (C=O) groups is 2. The van der Waals surface area contributed by atoms with Gasteiger partial charge in [0.15, 0.2) is 6.61 Å². The minimum absolute atomic E-state index is 0.0285. The first-order valence-electron chi connectivity index (χ1n) is 11.7. The fourth-order valence-electron chi connectivity index (χ4n) is 4.09. The zero-order valence-electron chi connectivity index (χ0n) is 20.3. The molecule has 7 heteroatoms. The van der Waals surface area contributed by atoms with E-state index in [-0.39, 0.29) is 18.4 Å². The molecule has 6 nitrogen and oxygen atoms in total. The lowest BCUT2D eigenvalue weighted by Crippen LogP contribution is -2.49. The van der Waals surface area contributed by atoms with E-state index in [9.17, 15) is 9.59 Å². The molecule has 3 aromatic carbocycles. The Morgan fingerprint density at radius 3 is 2.31 bits per heavy atom. The van der Waals surface area contributed by atoms with Crippen LogP contribution in [0.4, 0.5) is 11.4 Å². The molecule has 0 aliphatic carbocycles. The molecule has 0 unspecified atom stereocenters. The second-order valence-corrected chi connectivity index (χ2v) is 9.27. The average Bonchev–Trinajstić information content (AvgIpc) is 2.85. The highest BCUT2D eigenvalue weighted by Crippen LogP contribution is 2.34. The maximum absolute atomic E-state index is 12.9. The highest BCUT2D eigenvalue weighted by molar-refractivity contribution is 6.34. The summed E-state index contributed by atoms with van der Waals surface area (Å²) in [5, 5.41) is 3.49. The van der Waals surface area contributed by atoms with E-state index in [2.05, 4.69) is 10.2 Å². The number of amides is 2. The lowest BCUT2D eigenvalue weighted by Gasteiger charge is -2.37. The van der Waals surface area contributed by atoms with Gasteiger partial charge in [-0.25, -0.2) is 0 Å². The Bertz CT molecular complexity index is 1220. The second kappa shape index (κ2) is 10.8. The Morgan fingerprint density at radius 2 is 1.63 bits per heavy atom.